The topological polar surface area (TPSA) is 80.9 Å². The van der Waals surface area contributed by atoms with E-state index in [0.717, 1.165) is 0 Å². The molecule has 0 fully saturated rings. The molecular formula is C12H10ClFN4O. The summed E-state index contributed by atoms with van der Waals surface area (Å²) in [5.41, 5.74) is 6.01. The number of nitrogens with one attached hydrogen (secondary N) is 1. The Bertz CT molecular complexity index is 648. The standard InChI is InChI=1S/C12H10ClFN4O/c1-6-4-7(15)5-8(10(6)14)11(19)18-12-16-3-2-9(13)17-12/h2-5H,15H2,1H3,(H,16,17,18,19). The number of amides is 1. The number of nitrogens with two attached hydrogens (primary N) is 1. The molecular weight excluding hydrogens is 271 g/mol. The molecule has 98 valence electrons. The minimum Gasteiger partial charge on any atom is -0.399 e. The fourth-order valence-corrected chi connectivity index (χ4v) is 1.66. The lowest BCUT2D eigenvalue weighted by molar-refractivity contribution is 0.102. The van der Waals surface area contributed by atoms with Crippen molar-refractivity contribution in [1.82, 2.24) is 9.97 Å². The number of carbonyl (C=O) groups is 1. The summed E-state index contributed by atoms with van der Waals surface area (Å²) >= 11 is 5.66. The highest BCUT2D eigenvalue weighted by molar-refractivity contribution is 6.29. The summed E-state index contributed by atoms with van der Waals surface area (Å²) in [7, 11) is 0. The Morgan fingerprint density at radius 2 is 2.21 bits per heavy atom. The Morgan fingerprint density at radius 1 is 1.47 bits per heavy atom. The maximum Gasteiger partial charge on any atom is 0.261 e. The van der Waals surface area contributed by atoms with Gasteiger partial charge in [0.1, 0.15) is 11.0 Å². The van der Waals surface area contributed by atoms with Gasteiger partial charge in [0.25, 0.3) is 5.91 Å². The largest absolute Gasteiger partial charge is 0.399 e. The van der Waals surface area contributed by atoms with Gasteiger partial charge in [0.15, 0.2) is 0 Å². The van der Waals surface area contributed by atoms with Crippen LogP contribution in [0.1, 0.15) is 15.9 Å². The Morgan fingerprint density at radius 3 is 2.89 bits per heavy atom. The number of hydrogen-bond donors (Lipinski definition) is 2. The molecule has 0 aliphatic carbocycles. The Kier molecular flexibility index (Phi) is 3.62. The minimum absolute atomic E-state index is 0.00280. The number of rotatable bonds is 2. The summed E-state index contributed by atoms with van der Waals surface area (Å²) in [5, 5.41) is 2.53. The van der Waals surface area contributed by atoms with E-state index < -0.39 is 11.7 Å². The summed E-state index contributed by atoms with van der Waals surface area (Å²) in [5.74, 6) is -1.32. The third-order valence-electron chi connectivity index (χ3n) is 2.37. The van der Waals surface area contributed by atoms with Crippen molar-refractivity contribution in [1.29, 1.82) is 0 Å². The van der Waals surface area contributed by atoms with Gasteiger partial charge in [-0.05, 0) is 30.7 Å². The number of aryl methyl sites for hydroxylation is 1. The van der Waals surface area contributed by atoms with Gasteiger partial charge in [-0.1, -0.05) is 11.6 Å². The van der Waals surface area contributed by atoms with Gasteiger partial charge in [-0.2, -0.15) is 0 Å². The van der Waals surface area contributed by atoms with Gasteiger partial charge in [-0.25, -0.2) is 14.4 Å². The fraction of sp³-hybridized carbons (Fsp3) is 0.0833. The summed E-state index contributed by atoms with van der Waals surface area (Å²) < 4.78 is 13.8. The maximum atomic E-state index is 13.8. The molecule has 7 heteroatoms. The summed E-state index contributed by atoms with van der Waals surface area (Å²) in [6.07, 6.45) is 1.38. The van der Waals surface area contributed by atoms with Crippen LogP contribution in [0.2, 0.25) is 5.15 Å². The van der Waals surface area contributed by atoms with Crippen LogP contribution < -0.4 is 11.1 Å². The molecule has 2 rings (SSSR count). The zero-order valence-electron chi connectivity index (χ0n) is 9.95. The molecule has 2 aromatic rings. The van der Waals surface area contributed by atoms with Crippen LogP contribution in [-0.4, -0.2) is 15.9 Å². The summed E-state index contributed by atoms with van der Waals surface area (Å²) in [6, 6.07) is 4.16. The Balaban J connectivity index is 2.30. The molecule has 0 aliphatic heterocycles. The molecule has 0 saturated heterocycles. The van der Waals surface area contributed by atoms with E-state index in [0.29, 0.717) is 5.69 Å². The zero-order chi connectivity index (χ0) is 14.0. The highest BCUT2D eigenvalue weighted by Gasteiger charge is 2.15. The average molecular weight is 281 g/mol. The van der Waals surface area contributed by atoms with Crippen molar-refractivity contribution >= 4 is 29.1 Å². The molecule has 5 nitrogen and oxygen atoms in total. The van der Waals surface area contributed by atoms with Crippen LogP contribution in [0.4, 0.5) is 16.0 Å². The quantitative estimate of drug-likeness (QED) is 0.654. The van der Waals surface area contributed by atoms with Crippen molar-refractivity contribution < 1.29 is 9.18 Å². The number of anilines is 2. The van der Waals surface area contributed by atoms with Crippen LogP contribution in [0.3, 0.4) is 0 Å². The second-order valence-electron chi connectivity index (χ2n) is 3.86. The van der Waals surface area contributed by atoms with E-state index in [1.165, 1.54) is 31.3 Å². The lowest BCUT2D eigenvalue weighted by Gasteiger charge is -2.07. The molecule has 1 aromatic carbocycles. The van der Waals surface area contributed by atoms with Crippen molar-refractivity contribution in [3.63, 3.8) is 0 Å². The molecule has 0 bridgehead atoms. The molecule has 1 amide bonds. The third kappa shape index (κ3) is 2.97. The van der Waals surface area contributed by atoms with Crippen molar-refractivity contribution in [2.24, 2.45) is 0 Å². The van der Waals surface area contributed by atoms with Crippen molar-refractivity contribution in [3.05, 3.63) is 46.5 Å². The Hall–Kier alpha value is -2.21. The van der Waals surface area contributed by atoms with Gasteiger partial charge in [0.05, 0.1) is 5.56 Å². The van der Waals surface area contributed by atoms with E-state index in [2.05, 4.69) is 15.3 Å². The van der Waals surface area contributed by atoms with E-state index in [-0.39, 0.29) is 22.2 Å². The minimum atomic E-state index is -0.685. The smallest absolute Gasteiger partial charge is 0.261 e. The van der Waals surface area contributed by atoms with Gasteiger partial charge >= 0.3 is 0 Å². The number of nitrogen functional groups attached to an aromatic ring is 1. The van der Waals surface area contributed by atoms with Crippen molar-refractivity contribution in [3.8, 4) is 0 Å². The molecule has 0 atom stereocenters. The maximum absolute atomic E-state index is 13.8. The second kappa shape index (κ2) is 5.19. The van der Waals surface area contributed by atoms with Crippen LogP contribution in [0, 0.1) is 12.7 Å². The SMILES string of the molecule is Cc1cc(N)cc(C(=O)Nc2nccc(Cl)n2)c1F. The summed E-state index contributed by atoms with van der Waals surface area (Å²) in [6.45, 7) is 1.53. The summed E-state index contributed by atoms with van der Waals surface area (Å²) in [4.78, 5) is 19.5. The highest BCUT2D eigenvalue weighted by atomic mass is 35.5. The van der Waals surface area contributed by atoms with E-state index in [9.17, 15) is 9.18 Å². The first-order valence-electron chi connectivity index (χ1n) is 5.33. The zero-order valence-corrected chi connectivity index (χ0v) is 10.7. The number of benzene rings is 1. The van der Waals surface area contributed by atoms with Crippen LogP contribution in [0.25, 0.3) is 0 Å². The predicted molar refractivity (Wildman–Crippen MR) is 70.5 cm³/mol. The number of carbonyl (C=O) groups excluding carboxylic acids is 1. The third-order valence-corrected chi connectivity index (χ3v) is 2.58. The normalized spacial score (nSPS) is 10.3. The van der Waals surface area contributed by atoms with Gasteiger partial charge in [0, 0.05) is 11.9 Å². The Labute approximate surface area is 113 Å². The van der Waals surface area contributed by atoms with Crippen LogP contribution in [0.15, 0.2) is 24.4 Å². The number of aromatic nitrogens is 2. The second-order valence-corrected chi connectivity index (χ2v) is 4.24. The van der Waals surface area contributed by atoms with Crippen molar-refractivity contribution in [2.75, 3.05) is 11.1 Å². The molecule has 0 radical (unpaired) electrons. The van der Waals surface area contributed by atoms with Crippen molar-refractivity contribution in [2.45, 2.75) is 6.92 Å². The fourth-order valence-electron chi connectivity index (χ4n) is 1.53. The van der Waals surface area contributed by atoms with Gasteiger partial charge in [-0.15, -0.1) is 0 Å². The van der Waals surface area contributed by atoms with Crippen LogP contribution >= 0.6 is 11.6 Å². The molecule has 0 saturated carbocycles. The number of nitrogens with zero attached hydrogens (tertiary/aromatic N) is 2. The lowest BCUT2D eigenvalue weighted by Crippen LogP contribution is -2.16. The molecule has 0 spiro atoms. The molecule has 0 aliphatic rings. The van der Waals surface area contributed by atoms with E-state index >= 15 is 0 Å². The number of halogens is 2. The predicted octanol–water partition coefficient (Wildman–Crippen LogP) is 2.41. The molecule has 19 heavy (non-hydrogen) atoms. The van der Waals surface area contributed by atoms with Crippen LogP contribution in [-0.2, 0) is 0 Å². The van der Waals surface area contributed by atoms with Gasteiger partial charge in [-0.3, -0.25) is 10.1 Å². The molecule has 0 unspecified atom stereocenters. The van der Waals surface area contributed by atoms with E-state index in [4.69, 9.17) is 17.3 Å². The first-order valence-corrected chi connectivity index (χ1v) is 5.70. The average Bonchev–Trinajstić information content (AvgIpc) is 2.33. The van der Waals surface area contributed by atoms with E-state index in [1.54, 1.807) is 0 Å². The van der Waals surface area contributed by atoms with Crippen LogP contribution in [0.5, 0.6) is 0 Å². The first kappa shape index (κ1) is 13.2. The lowest BCUT2D eigenvalue weighted by atomic mass is 10.1. The molecule has 3 N–H and O–H groups in total. The van der Waals surface area contributed by atoms with Gasteiger partial charge < -0.3 is 5.73 Å². The molecule has 1 aromatic heterocycles. The highest BCUT2D eigenvalue weighted by Crippen LogP contribution is 2.18. The van der Waals surface area contributed by atoms with Gasteiger partial charge in [0.2, 0.25) is 5.95 Å². The first-order chi connectivity index (χ1) is 8.97. The number of hydrogen-bond acceptors (Lipinski definition) is 4. The monoisotopic (exact) mass is 280 g/mol. The van der Waals surface area contributed by atoms with E-state index in [1.807, 2.05) is 0 Å². The molecule has 1 heterocycles.